The van der Waals surface area contributed by atoms with E-state index in [2.05, 4.69) is 6.92 Å². The summed E-state index contributed by atoms with van der Waals surface area (Å²) in [5.74, 6) is 0.254. The fraction of sp³-hybridized carbons (Fsp3) is 0.400. The fourth-order valence-electron chi connectivity index (χ4n) is 1.96. The maximum atomic E-state index is 11.7. The molecule has 0 aliphatic rings. The Morgan fingerprint density at radius 1 is 1.21 bits per heavy atom. The van der Waals surface area contributed by atoms with Gasteiger partial charge in [0.15, 0.2) is 16.8 Å². The molecule has 0 unspecified atom stereocenters. The molecule has 2 aromatic rings. The molecule has 0 aliphatic heterocycles. The van der Waals surface area contributed by atoms with E-state index < -0.39 is 0 Å². The number of benzene rings is 1. The average Bonchev–Trinajstić information content (AvgIpc) is 2.41. The van der Waals surface area contributed by atoms with Crippen molar-refractivity contribution in [2.24, 2.45) is 0 Å². The van der Waals surface area contributed by atoms with E-state index in [-0.39, 0.29) is 16.9 Å². The Morgan fingerprint density at radius 3 is 2.84 bits per heavy atom. The quantitative estimate of drug-likeness (QED) is 0.810. The van der Waals surface area contributed by atoms with Crippen LogP contribution in [0.4, 0.5) is 0 Å². The SMILES string of the molecule is CCCCCCOc1c(O)ccc2c(=O)ccoc12. The van der Waals surface area contributed by atoms with Gasteiger partial charge in [-0.05, 0) is 18.6 Å². The number of fused-ring (bicyclic) bond motifs is 1. The van der Waals surface area contributed by atoms with Crippen molar-refractivity contribution in [3.8, 4) is 11.5 Å². The van der Waals surface area contributed by atoms with Gasteiger partial charge in [0.25, 0.3) is 0 Å². The molecule has 0 spiro atoms. The van der Waals surface area contributed by atoms with Crippen molar-refractivity contribution in [3.63, 3.8) is 0 Å². The van der Waals surface area contributed by atoms with Crippen LogP contribution in [0.15, 0.2) is 33.7 Å². The summed E-state index contributed by atoms with van der Waals surface area (Å²) in [5.41, 5.74) is 0.167. The maximum Gasteiger partial charge on any atom is 0.204 e. The number of phenols is 1. The van der Waals surface area contributed by atoms with E-state index in [4.69, 9.17) is 9.15 Å². The van der Waals surface area contributed by atoms with Crippen LogP contribution in [0.25, 0.3) is 11.0 Å². The van der Waals surface area contributed by atoms with Crippen molar-refractivity contribution in [1.29, 1.82) is 0 Å². The number of phenolic OH excluding ortho intramolecular Hbond substituents is 1. The Labute approximate surface area is 111 Å². The first-order chi connectivity index (χ1) is 9.24. The second-order valence-electron chi connectivity index (χ2n) is 4.48. The Hall–Kier alpha value is -1.97. The largest absolute Gasteiger partial charge is 0.504 e. The van der Waals surface area contributed by atoms with Gasteiger partial charge in [-0.3, -0.25) is 4.79 Å². The second-order valence-corrected chi connectivity index (χ2v) is 4.48. The molecule has 0 saturated carbocycles. The van der Waals surface area contributed by atoms with Crippen LogP contribution in [-0.4, -0.2) is 11.7 Å². The summed E-state index contributed by atoms with van der Waals surface area (Å²) in [6.45, 7) is 2.65. The van der Waals surface area contributed by atoms with Crippen molar-refractivity contribution in [2.75, 3.05) is 6.61 Å². The molecule has 0 amide bonds. The lowest BCUT2D eigenvalue weighted by atomic mass is 10.2. The van der Waals surface area contributed by atoms with Crippen LogP contribution in [0.2, 0.25) is 0 Å². The van der Waals surface area contributed by atoms with Gasteiger partial charge in [0.1, 0.15) is 0 Å². The number of rotatable bonds is 6. The molecule has 0 aliphatic carbocycles. The van der Waals surface area contributed by atoms with Gasteiger partial charge in [-0.1, -0.05) is 26.2 Å². The van der Waals surface area contributed by atoms with E-state index in [1.165, 1.54) is 24.8 Å². The molecular formula is C15H18O4. The summed E-state index contributed by atoms with van der Waals surface area (Å²) >= 11 is 0. The molecule has 0 radical (unpaired) electrons. The molecule has 1 heterocycles. The third kappa shape index (κ3) is 3.08. The molecule has 4 nitrogen and oxygen atoms in total. The number of hydrogen-bond acceptors (Lipinski definition) is 4. The highest BCUT2D eigenvalue weighted by molar-refractivity contribution is 5.84. The lowest BCUT2D eigenvalue weighted by Crippen LogP contribution is -2.02. The Morgan fingerprint density at radius 2 is 2.05 bits per heavy atom. The highest BCUT2D eigenvalue weighted by atomic mass is 16.5. The molecule has 0 saturated heterocycles. The zero-order valence-corrected chi connectivity index (χ0v) is 11.0. The van der Waals surface area contributed by atoms with Gasteiger partial charge in [0.2, 0.25) is 5.75 Å². The molecule has 1 aromatic heterocycles. The van der Waals surface area contributed by atoms with Crippen LogP contribution in [-0.2, 0) is 0 Å². The smallest absolute Gasteiger partial charge is 0.204 e. The molecule has 19 heavy (non-hydrogen) atoms. The summed E-state index contributed by atoms with van der Waals surface area (Å²) in [5, 5.41) is 10.2. The van der Waals surface area contributed by atoms with Gasteiger partial charge in [-0.15, -0.1) is 0 Å². The topological polar surface area (TPSA) is 59.7 Å². The van der Waals surface area contributed by atoms with E-state index in [1.54, 1.807) is 6.07 Å². The predicted octanol–water partition coefficient (Wildman–Crippen LogP) is 3.46. The van der Waals surface area contributed by atoms with Crippen LogP contribution in [0, 0.1) is 0 Å². The first-order valence-corrected chi connectivity index (χ1v) is 6.60. The van der Waals surface area contributed by atoms with Crippen molar-refractivity contribution >= 4 is 11.0 Å². The van der Waals surface area contributed by atoms with Crippen LogP contribution >= 0.6 is 0 Å². The van der Waals surface area contributed by atoms with Crippen molar-refractivity contribution < 1.29 is 14.3 Å². The first-order valence-electron chi connectivity index (χ1n) is 6.60. The van der Waals surface area contributed by atoms with Crippen molar-refractivity contribution in [3.05, 3.63) is 34.7 Å². The molecule has 0 fully saturated rings. The summed E-state index contributed by atoms with van der Waals surface area (Å²) < 4.78 is 10.9. The van der Waals surface area contributed by atoms with Crippen molar-refractivity contribution in [2.45, 2.75) is 32.6 Å². The highest BCUT2D eigenvalue weighted by Crippen LogP contribution is 2.33. The second kappa shape index (κ2) is 6.27. The Balaban J connectivity index is 2.19. The lowest BCUT2D eigenvalue weighted by molar-refractivity contribution is 0.288. The molecule has 1 N–H and O–H groups in total. The van der Waals surface area contributed by atoms with Gasteiger partial charge in [-0.25, -0.2) is 0 Å². The molecule has 1 aromatic carbocycles. The zero-order valence-electron chi connectivity index (χ0n) is 11.0. The first kappa shape index (κ1) is 13.5. The van der Waals surface area contributed by atoms with Gasteiger partial charge < -0.3 is 14.3 Å². The Bertz CT molecular complexity index is 601. The summed E-state index contributed by atoms with van der Waals surface area (Å²) in [7, 11) is 0. The number of hydrogen-bond donors (Lipinski definition) is 1. The van der Waals surface area contributed by atoms with Crippen molar-refractivity contribution in [1.82, 2.24) is 0 Å². The molecule has 0 atom stereocenters. The lowest BCUT2D eigenvalue weighted by Gasteiger charge is -2.09. The summed E-state index contributed by atoms with van der Waals surface area (Å²) in [6, 6.07) is 4.35. The van der Waals surface area contributed by atoms with E-state index in [1.807, 2.05) is 0 Å². The third-order valence-corrected chi connectivity index (χ3v) is 3.01. The van der Waals surface area contributed by atoms with Crippen LogP contribution in [0.1, 0.15) is 32.6 Å². The fourth-order valence-corrected chi connectivity index (χ4v) is 1.96. The van der Waals surface area contributed by atoms with Crippen LogP contribution in [0.5, 0.6) is 11.5 Å². The van der Waals surface area contributed by atoms with E-state index in [0.29, 0.717) is 17.6 Å². The van der Waals surface area contributed by atoms with E-state index in [0.717, 1.165) is 19.3 Å². The predicted molar refractivity (Wildman–Crippen MR) is 73.8 cm³/mol. The average molecular weight is 262 g/mol. The molecule has 4 heteroatoms. The van der Waals surface area contributed by atoms with Gasteiger partial charge in [0, 0.05) is 6.07 Å². The van der Waals surface area contributed by atoms with Crippen LogP contribution < -0.4 is 10.2 Å². The number of aromatic hydroxyl groups is 1. The summed E-state index contributed by atoms with van der Waals surface area (Å²) in [6.07, 6.45) is 5.65. The molecular weight excluding hydrogens is 244 g/mol. The standard InChI is InChI=1S/C15H18O4/c1-2-3-4-5-9-18-15-13(17)7-6-11-12(16)8-10-19-14(11)15/h6-8,10,17H,2-5,9H2,1H3. The normalized spacial score (nSPS) is 10.8. The van der Waals surface area contributed by atoms with Gasteiger partial charge in [0.05, 0.1) is 18.3 Å². The van der Waals surface area contributed by atoms with E-state index >= 15 is 0 Å². The minimum absolute atomic E-state index is 0.00246. The van der Waals surface area contributed by atoms with E-state index in [9.17, 15) is 9.90 Å². The number of ether oxygens (including phenoxy) is 1. The van der Waals surface area contributed by atoms with Gasteiger partial charge >= 0.3 is 0 Å². The monoisotopic (exact) mass is 262 g/mol. The van der Waals surface area contributed by atoms with Crippen LogP contribution in [0.3, 0.4) is 0 Å². The summed E-state index contributed by atoms with van der Waals surface area (Å²) in [4.78, 5) is 11.7. The minimum atomic E-state index is -0.142. The highest BCUT2D eigenvalue weighted by Gasteiger charge is 2.12. The maximum absolute atomic E-state index is 11.7. The number of unbranched alkanes of at least 4 members (excludes halogenated alkanes) is 3. The molecule has 102 valence electrons. The third-order valence-electron chi connectivity index (χ3n) is 3.01. The zero-order chi connectivity index (χ0) is 13.7. The molecule has 0 bridgehead atoms. The van der Waals surface area contributed by atoms with Gasteiger partial charge in [-0.2, -0.15) is 0 Å². The Kier molecular flexibility index (Phi) is 4.44. The minimum Gasteiger partial charge on any atom is -0.504 e. The molecule has 2 rings (SSSR count).